The Bertz CT molecular complexity index is 795. The summed E-state index contributed by atoms with van der Waals surface area (Å²) in [5, 5.41) is 21.2. The number of nitrogens with zero attached hydrogens (tertiary/aromatic N) is 2. The molecule has 1 amide bonds. The standard InChI is InChI=1S/C18H19N3O2S/c1-18(23,16-7-8-24-12-16)13-19-17(22)15-9-20-21(11-15)10-14-5-3-2-4-6-14/h2-9,11-12,23H,10,13H2,1H3,(H,19,22). The molecule has 0 saturated heterocycles. The van der Waals surface area contributed by atoms with Crippen LogP contribution in [0.1, 0.15) is 28.4 Å². The number of rotatable bonds is 6. The van der Waals surface area contributed by atoms with Crippen molar-refractivity contribution >= 4 is 17.2 Å². The molecular formula is C18H19N3O2S. The van der Waals surface area contributed by atoms with E-state index in [1.165, 1.54) is 17.5 Å². The lowest BCUT2D eigenvalue weighted by atomic mass is 9.99. The van der Waals surface area contributed by atoms with Gasteiger partial charge in [0.15, 0.2) is 0 Å². The second kappa shape index (κ2) is 6.98. The number of hydrogen-bond donors (Lipinski definition) is 2. The predicted molar refractivity (Wildman–Crippen MR) is 94.0 cm³/mol. The molecule has 2 heterocycles. The summed E-state index contributed by atoms with van der Waals surface area (Å²) in [6.45, 7) is 2.45. The maximum atomic E-state index is 12.3. The molecular weight excluding hydrogens is 322 g/mol. The average molecular weight is 341 g/mol. The first-order valence-electron chi connectivity index (χ1n) is 7.64. The lowest BCUT2D eigenvalue weighted by Gasteiger charge is -2.22. The molecule has 3 aromatic rings. The van der Waals surface area contributed by atoms with Crippen molar-refractivity contribution in [1.82, 2.24) is 15.1 Å². The molecule has 2 N–H and O–H groups in total. The zero-order valence-corrected chi connectivity index (χ0v) is 14.2. The van der Waals surface area contributed by atoms with Gasteiger partial charge < -0.3 is 10.4 Å². The van der Waals surface area contributed by atoms with Crippen LogP contribution in [0.3, 0.4) is 0 Å². The molecule has 5 nitrogen and oxygen atoms in total. The number of benzene rings is 1. The molecule has 0 bridgehead atoms. The molecule has 1 unspecified atom stereocenters. The normalized spacial score (nSPS) is 13.4. The first-order chi connectivity index (χ1) is 11.5. The molecule has 1 aromatic carbocycles. The second-order valence-corrected chi connectivity index (χ2v) is 6.66. The summed E-state index contributed by atoms with van der Waals surface area (Å²) in [6.07, 6.45) is 3.25. The smallest absolute Gasteiger partial charge is 0.254 e. The minimum absolute atomic E-state index is 0.145. The number of amides is 1. The van der Waals surface area contributed by atoms with Gasteiger partial charge in [0.2, 0.25) is 0 Å². The summed E-state index contributed by atoms with van der Waals surface area (Å²) >= 11 is 1.52. The van der Waals surface area contributed by atoms with E-state index in [0.29, 0.717) is 12.1 Å². The van der Waals surface area contributed by atoms with E-state index in [4.69, 9.17) is 0 Å². The molecule has 6 heteroatoms. The highest BCUT2D eigenvalue weighted by Gasteiger charge is 2.24. The van der Waals surface area contributed by atoms with Gasteiger partial charge in [0.1, 0.15) is 5.60 Å². The minimum Gasteiger partial charge on any atom is -0.384 e. The van der Waals surface area contributed by atoms with Crippen LogP contribution in [0.25, 0.3) is 0 Å². The Kier molecular flexibility index (Phi) is 4.78. The van der Waals surface area contributed by atoms with E-state index in [1.807, 2.05) is 47.2 Å². The molecule has 0 radical (unpaired) electrons. The van der Waals surface area contributed by atoms with E-state index in [0.717, 1.165) is 11.1 Å². The zero-order chi connectivity index (χ0) is 17.0. The fraction of sp³-hybridized carbons (Fsp3) is 0.222. The van der Waals surface area contributed by atoms with Crippen molar-refractivity contribution in [2.75, 3.05) is 6.54 Å². The number of thiophene rings is 1. The maximum absolute atomic E-state index is 12.3. The van der Waals surface area contributed by atoms with Crippen molar-refractivity contribution in [2.24, 2.45) is 0 Å². The van der Waals surface area contributed by atoms with Gasteiger partial charge >= 0.3 is 0 Å². The van der Waals surface area contributed by atoms with E-state index in [-0.39, 0.29) is 12.5 Å². The number of carbonyl (C=O) groups excluding carboxylic acids is 1. The summed E-state index contributed by atoms with van der Waals surface area (Å²) in [5.74, 6) is -0.246. The summed E-state index contributed by atoms with van der Waals surface area (Å²) in [5.41, 5.74) is 1.31. The SMILES string of the molecule is CC(O)(CNC(=O)c1cnn(Cc2ccccc2)c1)c1ccsc1. The van der Waals surface area contributed by atoms with Crippen LogP contribution in [-0.2, 0) is 12.1 Å². The van der Waals surface area contributed by atoms with Crippen molar-refractivity contribution in [1.29, 1.82) is 0 Å². The van der Waals surface area contributed by atoms with Gasteiger partial charge in [-0.05, 0) is 34.9 Å². The quantitative estimate of drug-likeness (QED) is 0.724. The van der Waals surface area contributed by atoms with E-state index in [2.05, 4.69) is 10.4 Å². The lowest BCUT2D eigenvalue weighted by Crippen LogP contribution is -2.38. The van der Waals surface area contributed by atoms with Gasteiger partial charge in [0, 0.05) is 6.20 Å². The van der Waals surface area contributed by atoms with Crippen molar-refractivity contribution in [2.45, 2.75) is 19.1 Å². The Morgan fingerprint density at radius 1 is 1.33 bits per heavy atom. The first-order valence-corrected chi connectivity index (χ1v) is 8.58. The van der Waals surface area contributed by atoms with Gasteiger partial charge in [-0.2, -0.15) is 16.4 Å². The fourth-order valence-electron chi connectivity index (χ4n) is 2.37. The topological polar surface area (TPSA) is 67.2 Å². The van der Waals surface area contributed by atoms with Gasteiger partial charge in [-0.25, -0.2) is 0 Å². The summed E-state index contributed by atoms with van der Waals surface area (Å²) in [7, 11) is 0. The number of aromatic nitrogens is 2. The number of carbonyl (C=O) groups is 1. The van der Waals surface area contributed by atoms with Gasteiger partial charge in [-0.1, -0.05) is 30.3 Å². The zero-order valence-electron chi connectivity index (χ0n) is 13.3. The van der Waals surface area contributed by atoms with E-state index < -0.39 is 5.60 Å². The largest absolute Gasteiger partial charge is 0.384 e. The van der Waals surface area contributed by atoms with Crippen LogP contribution in [0.2, 0.25) is 0 Å². The van der Waals surface area contributed by atoms with Crippen molar-refractivity contribution in [3.63, 3.8) is 0 Å². The molecule has 0 aliphatic carbocycles. The van der Waals surface area contributed by atoms with Crippen LogP contribution in [-0.4, -0.2) is 27.3 Å². The third-order valence-corrected chi connectivity index (χ3v) is 4.50. The predicted octanol–water partition coefficient (Wildman–Crippen LogP) is 2.63. The highest BCUT2D eigenvalue weighted by Crippen LogP contribution is 2.22. The van der Waals surface area contributed by atoms with Crippen LogP contribution >= 0.6 is 11.3 Å². The van der Waals surface area contributed by atoms with E-state index in [1.54, 1.807) is 17.8 Å². The number of nitrogens with one attached hydrogen (secondary N) is 1. The number of aliphatic hydroxyl groups is 1. The molecule has 3 rings (SSSR count). The molecule has 0 spiro atoms. The molecule has 2 aromatic heterocycles. The highest BCUT2D eigenvalue weighted by molar-refractivity contribution is 7.08. The molecule has 0 fully saturated rings. The van der Waals surface area contributed by atoms with Gasteiger partial charge in [0.05, 0.1) is 24.8 Å². The summed E-state index contributed by atoms with van der Waals surface area (Å²) in [4.78, 5) is 12.3. The van der Waals surface area contributed by atoms with E-state index in [9.17, 15) is 9.90 Å². The van der Waals surface area contributed by atoms with Crippen molar-refractivity contribution in [3.8, 4) is 0 Å². The summed E-state index contributed by atoms with van der Waals surface area (Å²) in [6, 6.07) is 11.8. The lowest BCUT2D eigenvalue weighted by molar-refractivity contribution is 0.0530. The molecule has 0 aliphatic heterocycles. The average Bonchev–Trinajstić information content (AvgIpc) is 3.26. The van der Waals surface area contributed by atoms with Gasteiger partial charge in [-0.3, -0.25) is 9.48 Å². The fourth-order valence-corrected chi connectivity index (χ4v) is 3.15. The van der Waals surface area contributed by atoms with Crippen molar-refractivity contribution in [3.05, 3.63) is 76.2 Å². The maximum Gasteiger partial charge on any atom is 0.254 e. The Hall–Kier alpha value is -2.44. The molecule has 124 valence electrons. The van der Waals surface area contributed by atoms with Crippen LogP contribution in [0, 0.1) is 0 Å². The first kappa shape index (κ1) is 16.4. The minimum atomic E-state index is -1.09. The number of hydrogen-bond acceptors (Lipinski definition) is 4. The third-order valence-electron chi connectivity index (χ3n) is 3.82. The molecule has 1 atom stereocenters. The summed E-state index contributed by atoms with van der Waals surface area (Å²) < 4.78 is 1.72. The van der Waals surface area contributed by atoms with Gasteiger partial charge in [-0.15, -0.1) is 0 Å². The third kappa shape index (κ3) is 3.90. The van der Waals surface area contributed by atoms with Crippen LogP contribution < -0.4 is 5.32 Å². The van der Waals surface area contributed by atoms with Crippen LogP contribution in [0.5, 0.6) is 0 Å². The Morgan fingerprint density at radius 2 is 2.12 bits per heavy atom. The molecule has 0 aliphatic rings. The Labute approximate surface area is 144 Å². The molecule has 24 heavy (non-hydrogen) atoms. The Morgan fingerprint density at radius 3 is 2.83 bits per heavy atom. The molecule has 0 saturated carbocycles. The van der Waals surface area contributed by atoms with Crippen molar-refractivity contribution < 1.29 is 9.90 Å². The highest BCUT2D eigenvalue weighted by atomic mass is 32.1. The monoisotopic (exact) mass is 341 g/mol. The van der Waals surface area contributed by atoms with Crippen LogP contribution in [0.4, 0.5) is 0 Å². The Balaban J connectivity index is 1.60. The van der Waals surface area contributed by atoms with Crippen LogP contribution in [0.15, 0.2) is 59.6 Å². The second-order valence-electron chi connectivity index (χ2n) is 5.88. The van der Waals surface area contributed by atoms with Gasteiger partial charge in [0.25, 0.3) is 5.91 Å². The van der Waals surface area contributed by atoms with E-state index >= 15 is 0 Å².